The van der Waals surface area contributed by atoms with Crippen molar-refractivity contribution in [3.8, 4) is 0 Å². The predicted octanol–water partition coefficient (Wildman–Crippen LogP) is 2.20. The first kappa shape index (κ1) is 9.05. The van der Waals surface area contributed by atoms with E-state index < -0.39 is 23.5 Å². The molecule has 0 radical (unpaired) electrons. The number of benzene rings is 1. The van der Waals surface area contributed by atoms with Crippen LogP contribution < -0.4 is 0 Å². The number of rotatable bonds is 1. The fraction of sp³-hybridized carbons (Fsp3) is 0.222. The van der Waals surface area contributed by atoms with Crippen LogP contribution >= 0.6 is 0 Å². The van der Waals surface area contributed by atoms with Gasteiger partial charge in [-0.05, 0) is 6.07 Å². The van der Waals surface area contributed by atoms with Crippen molar-refractivity contribution in [3.63, 3.8) is 0 Å². The van der Waals surface area contributed by atoms with Gasteiger partial charge in [0, 0.05) is 11.6 Å². The van der Waals surface area contributed by atoms with E-state index in [4.69, 9.17) is 4.74 Å². The molecule has 0 amide bonds. The zero-order valence-corrected chi connectivity index (χ0v) is 7.01. The SMILES string of the molecule is Fc1cc(F)c(F)c(C2COC=N2)c1. The minimum atomic E-state index is -1.21. The molecule has 74 valence electrons. The van der Waals surface area contributed by atoms with Gasteiger partial charge in [0.05, 0.1) is 0 Å². The summed E-state index contributed by atoms with van der Waals surface area (Å²) >= 11 is 0. The van der Waals surface area contributed by atoms with Gasteiger partial charge in [0.1, 0.15) is 18.5 Å². The van der Waals surface area contributed by atoms with Crippen LogP contribution in [0.1, 0.15) is 11.6 Å². The Morgan fingerprint density at radius 2 is 2.07 bits per heavy atom. The normalized spacial score (nSPS) is 19.8. The first-order chi connectivity index (χ1) is 6.68. The lowest BCUT2D eigenvalue weighted by Gasteiger charge is -2.07. The van der Waals surface area contributed by atoms with Gasteiger partial charge in [-0.1, -0.05) is 0 Å². The number of aliphatic imine (C=N–C) groups is 1. The maximum Gasteiger partial charge on any atom is 0.170 e. The standard InChI is InChI=1S/C9H6F3NO/c10-5-1-6(8-3-14-4-13-8)9(12)7(11)2-5/h1-2,4,8H,3H2. The molecular weight excluding hydrogens is 195 g/mol. The van der Waals surface area contributed by atoms with E-state index >= 15 is 0 Å². The lowest BCUT2D eigenvalue weighted by atomic mass is 10.1. The molecule has 0 bridgehead atoms. The van der Waals surface area contributed by atoms with Gasteiger partial charge in [-0.2, -0.15) is 0 Å². The first-order valence-corrected chi connectivity index (χ1v) is 3.96. The molecule has 1 aromatic carbocycles. The molecule has 1 aliphatic rings. The minimum Gasteiger partial charge on any atom is -0.481 e. The van der Waals surface area contributed by atoms with Crippen LogP contribution in [0.2, 0.25) is 0 Å². The molecule has 0 fully saturated rings. The summed E-state index contributed by atoms with van der Waals surface area (Å²) < 4.78 is 43.5. The lowest BCUT2D eigenvalue weighted by Crippen LogP contribution is -2.03. The zero-order valence-electron chi connectivity index (χ0n) is 7.01. The van der Waals surface area contributed by atoms with Crippen LogP contribution in [0.25, 0.3) is 0 Å². The molecule has 5 heteroatoms. The Balaban J connectivity index is 2.46. The first-order valence-electron chi connectivity index (χ1n) is 3.96. The summed E-state index contributed by atoms with van der Waals surface area (Å²) in [6.45, 7) is 0.111. The van der Waals surface area contributed by atoms with Gasteiger partial charge >= 0.3 is 0 Å². The second-order valence-corrected chi connectivity index (χ2v) is 2.89. The van der Waals surface area contributed by atoms with Gasteiger partial charge in [-0.3, -0.25) is 0 Å². The van der Waals surface area contributed by atoms with Crippen LogP contribution in [0.5, 0.6) is 0 Å². The molecule has 2 rings (SSSR count). The van der Waals surface area contributed by atoms with Gasteiger partial charge in [-0.15, -0.1) is 0 Å². The van der Waals surface area contributed by atoms with Crippen molar-refractivity contribution in [2.75, 3.05) is 6.61 Å². The Morgan fingerprint density at radius 3 is 2.71 bits per heavy atom. The molecule has 0 aromatic heterocycles. The second kappa shape index (κ2) is 3.32. The largest absolute Gasteiger partial charge is 0.481 e. The quantitative estimate of drug-likeness (QED) is 0.638. The monoisotopic (exact) mass is 201 g/mol. The van der Waals surface area contributed by atoms with E-state index in [-0.39, 0.29) is 12.2 Å². The maximum absolute atomic E-state index is 13.2. The summed E-state index contributed by atoms with van der Waals surface area (Å²) in [6.07, 6.45) is 1.15. The molecule has 14 heavy (non-hydrogen) atoms. The topological polar surface area (TPSA) is 21.6 Å². The number of halogens is 3. The number of hydrogen-bond donors (Lipinski definition) is 0. The van der Waals surface area contributed by atoms with Gasteiger partial charge in [0.2, 0.25) is 0 Å². The Bertz CT molecular complexity index is 392. The average molecular weight is 201 g/mol. The Hall–Kier alpha value is -1.52. The fourth-order valence-electron chi connectivity index (χ4n) is 1.28. The Kier molecular flexibility index (Phi) is 2.15. The summed E-state index contributed by atoms with van der Waals surface area (Å²) in [4.78, 5) is 3.73. The van der Waals surface area contributed by atoms with Crippen LogP contribution in [0.3, 0.4) is 0 Å². The molecule has 0 saturated carbocycles. The van der Waals surface area contributed by atoms with E-state index in [2.05, 4.69) is 4.99 Å². The Morgan fingerprint density at radius 1 is 1.29 bits per heavy atom. The smallest absolute Gasteiger partial charge is 0.170 e. The highest BCUT2D eigenvalue weighted by Gasteiger charge is 2.21. The molecule has 0 N–H and O–H groups in total. The van der Waals surface area contributed by atoms with Gasteiger partial charge < -0.3 is 4.74 Å². The van der Waals surface area contributed by atoms with Crippen molar-refractivity contribution in [2.24, 2.45) is 4.99 Å². The molecule has 1 aromatic rings. The lowest BCUT2D eigenvalue weighted by molar-refractivity contribution is 0.325. The molecule has 0 spiro atoms. The van der Waals surface area contributed by atoms with E-state index in [1.54, 1.807) is 0 Å². The third kappa shape index (κ3) is 1.45. The van der Waals surface area contributed by atoms with Gasteiger partial charge in [0.15, 0.2) is 18.0 Å². The average Bonchev–Trinajstić information content (AvgIpc) is 2.63. The summed E-state index contributed by atoms with van der Waals surface area (Å²) in [5.41, 5.74) is -0.115. The summed E-state index contributed by atoms with van der Waals surface area (Å²) in [5, 5.41) is 0. The fourth-order valence-corrected chi connectivity index (χ4v) is 1.28. The van der Waals surface area contributed by atoms with Gasteiger partial charge in [0.25, 0.3) is 0 Å². The summed E-state index contributed by atoms with van der Waals surface area (Å²) in [7, 11) is 0. The molecular formula is C9H6F3NO. The van der Waals surface area contributed by atoms with E-state index in [1.165, 1.54) is 0 Å². The van der Waals surface area contributed by atoms with E-state index in [0.717, 1.165) is 12.5 Å². The summed E-state index contributed by atoms with van der Waals surface area (Å²) in [6, 6.07) is 0.771. The van der Waals surface area contributed by atoms with Crippen LogP contribution in [0, 0.1) is 17.5 Å². The van der Waals surface area contributed by atoms with E-state index in [0.29, 0.717) is 6.07 Å². The molecule has 1 unspecified atom stereocenters. The molecule has 1 heterocycles. The van der Waals surface area contributed by atoms with Gasteiger partial charge in [-0.25, -0.2) is 18.2 Å². The van der Waals surface area contributed by atoms with Crippen LogP contribution in [0.4, 0.5) is 13.2 Å². The third-order valence-corrected chi connectivity index (χ3v) is 1.95. The molecule has 1 aliphatic heterocycles. The molecule has 2 nitrogen and oxygen atoms in total. The molecule has 1 atom stereocenters. The van der Waals surface area contributed by atoms with Crippen molar-refractivity contribution in [1.29, 1.82) is 0 Å². The predicted molar refractivity (Wildman–Crippen MR) is 43.5 cm³/mol. The molecule has 0 aliphatic carbocycles. The highest BCUT2D eigenvalue weighted by Crippen LogP contribution is 2.25. The second-order valence-electron chi connectivity index (χ2n) is 2.89. The van der Waals surface area contributed by atoms with Crippen molar-refractivity contribution in [3.05, 3.63) is 35.1 Å². The van der Waals surface area contributed by atoms with Crippen molar-refractivity contribution >= 4 is 6.40 Å². The molecule has 0 saturated heterocycles. The van der Waals surface area contributed by atoms with Crippen molar-refractivity contribution in [2.45, 2.75) is 6.04 Å². The van der Waals surface area contributed by atoms with Crippen LogP contribution in [-0.2, 0) is 4.74 Å². The van der Waals surface area contributed by atoms with E-state index in [1.807, 2.05) is 0 Å². The minimum absolute atomic E-state index is 0.111. The van der Waals surface area contributed by atoms with Crippen LogP contribution in [-0.4, -0.2) is 13.0 Å². The highest BCUT2D eigenvalue weighted by molar-refractivity contribution is 5.50. The maximum atomic E-state index is 13.2. The highest BCUT2D eigenvalue weighted by atomic mass is 19.2. The Labute approximate surface area is 78.0 Å². The van der Waals surface area contributed by atoms with E-state index in [9.17, 15) is 13.2 Å². The number of nitrogens with zero attached hydrogens (tertiary/aromatic N) is 1. The third-order valence-electron chi connectivity index (χ3n) is 1.95. The zero-order chi connectivity index (χ0) is 10.1. The van der Waals surface area contributed by atoms with Crippen molar-refractivity contribution < 1.29 is 17.9 Å². The van der Waals surface area contributed by atoms with Crippen LogP contribution in [0.15, 0.2) is 17.1 Å². The number of ether oxygens (including phenoxy) is 1. The number of hydrogen-bond acceptors (Lipinski definition) is 2. The summed E-state index contributed by atoms with van der Waals surface area (Å²) in [5.74, 6) is -3.10. The van der Waals surface area contributed by atoms with Crippen molar-refractivity contribution in [1.82, 2.24) is 0 Å².